The zero-order valence-electron chi connectivity index (χ0n) is 10.3. The summed E-state index contributed by atoms with van der Waals surface area (Å²) in [7, 11) is 0. The molecule has 0 aliphatic heterocycles. The average Bonchev–Trinajstić information content (AvgIpc) is 2.75. The van der Waals surface area contributed by atoms with Gasteiger partial charge in [-0.05, 0) is 35.6 Å². The Hall–Kier alpha value is -1.35. The van der Waals surface area contributed by atoms with Crippen molar-refractivity contribution in [3.8, 4) is 0 Å². The van der Waals surface area contributed by atoms with E-state index in [-0.39, 0.29) is 11.2 Å². The van der Waals surface area contributed by atoms with Crippen LogP contribution in [0, 0.1) is 9.65 Å². The van der Waals surface area contributed by atoms with Gasteiger partial charge in [-0.25, -0.2) is 19.6 Å². The van der Waals surface area contributed by atoms with Crippen LogP contribution in [0.15, 0.2) is 24.5 Å². The van der Waals surface area contributed by atoms with Crippen LogP contribution in [0.1, 0.15) is 18.5 Å². The quantitative estimate of drug-likeness (QED) is 0.487. The van der Waals surface area contributed by atoms with E-state index in [1.54, 1.807) is 16.8 Å². The SMILES string of the molecule is C[C@@H](c1cccnc1F)n1nc(I)c2ncc(Cl)nc21. The van der Waals surface area contributed by atoms with Gasteiger partial charge < -0.3 is 0 Å². The van der Waals surface area contributed by atoms with Crippen LogP contribution in [-0.2, 0) is 0 Å². The third-order valence-electron chi connectivity index (χ3n) is 2.94. The first kappa shape index (κ1) is 13.6. The third kappa shape index (κ3) is 2.24. The van der Waals surface area contributed by atoms with Crippen LogP contribution < -0.4 is 0 Å². The molecule has 0 fully saturated rings. The van der Waals surface area contributed by atoms with Gasteiger partial charge in [0.05, 0.1) is 12.2 Å². The van der Waals surface area contributed by atoms with Crippen molar-refractivity contribution in [1.82, 2.24) is 24.7 Å². The molecule has 0 unspecified atom stereocenters. The van der Waals surface area contributed by atoms with Crippen molar-refractivity contribution in [1.29, 1.82) is 0 Å². The fourth-order valence-corrected chi connectivity index (χ4v) is 2.71. The predicted octanol–water partition coefficient (Wildman–Crippen LogP) is 3.23. The Morgan fingerprint density at radius 2 is 2.20 bits per heavy atom. The van der Waals surface area contributed by atoms with Crippen LogP contribution in [0.25, 0.3) is 11.2 Å². The van der Waals surface area contributed by atoms with E-state index in [2.05, 4.69) is 42.6 Å². The zero-order valence-corrected chi connectivity index (χ0v) is 13.2. The molecule has 0 aliphatic carbocycles. The number of pyridine rings is 1. The molecule has 0 spiro atoms. The normalized spacial score (nSPS) is 12.8. The molecular weight excluding hydrogens is 396 g/mol. The molecule has 5 nitrogen and oxygen atoms in total. The molecular formula is C12H8ClFIN5. The van der Waals surface area contributed by atoms with Crippen LogP contribution in [0.2, 0.25) is 5.15 Å². The van der Waals surface area contributed by atoms with Crippen LogP contribution in [0.3, 0.4) is 0 Å². The molecule has 20 heavy (non-hydrogen) atoms. The van der Waals surface area contributed by atoms with Crippen molar-refractivity contribution in [2.24, 2.45) is 0 Å². The molecule has 0 saturated carbocycles. The average molecular weight is 404 g/mol. The lowest BCUT2D eigenvalue weighted by molar-refractivity contribution is 0.507. The Bertz CT molecular complexity index is 791. The Kier molecular flexibility index (Phi) is 3.55. The van der Waals surface area contributed by atoms with Crippen molar-refractivity contribution in [3.05, 3.63) is 44.9 Å². The molecule has 3 aromatic heterocycles. The second kappa shape index (κ2) is 5.21. The highest BCUT2D eigenvalue weighted by Gasteiger charge is 2.20. The molecule has 102 valence electrons. The van der Waals surface area contributed by atoms with Crippen molar-refractivity contribution < 1.29 is 4.39 Å². The highest BCUT2D eigenvalue weighted by Crippen LogP contribution is 2.25. The molecule has 0 aliphatic rings. The first-order chi connectivity index (χ1) is 9.58. The van der Waals surface area contributed by atoms with Crippen LogP contribution >= 0.6 is 34.2 Å². The van der Waals surface area contributed by atoms with E-state index in [1.807, 2.05) is 6.92 Å². The van der Waals surface area contributed by atoms with E-state index >= 15 is 0 Å². The largest absolute Gasteiger partial charge is 0.247 e. The van der Waals surface area contributed by atoms with Gasteiger partial charge in [0.25, 0.3) is 0 Å². The second-order valence-corrected chi connectivity index (χ2v) is 5.57. The molecule has 0 amide bonds. The van der Waals surface area contributed by atoms with E-state index in [4.69, 9.17) is 11.6 Å². The Labute approximate surface area is 132 Å². The Balaban J connectivity index is 2.19. The van der Waals surface area contributed by atoms with Gasteiger partial charge in [0.15, 0.2) is 9.35 Å². The second-order valence-electron chi connectivity index (χ2n) is 4.16. The lowest BCUT2D eigenvalue weighted by Gasteiger charge is -2.13. The van der Waals surface area contributed by atoms with E-state index < -0.39 is 5.95 Å². The maximum absolute atomic E-state index is 13.8. The smallest absolute Gasteiger partial charge is 0.218 e. The zero-order chi connectivity index (χ0) is 14.3. The predicted molar refractivity (Wildman–Crippen MR) is 81.1 cm³/mol. The molecule has 3 aromatic rings. The summed E-state index contributed by atoms with van der Waals surface area (Å²) in [5.41, 5.74) is 1.61. The van der Waals surface area contributed by atoms with Gasteiger partial charge in [-0.2, -0.15) is 9.49 Å². The summed E-state index contributed by atoms with van der Waals surface area (Å²) in [5, 5.41) is 4.65. The molecule has 3 heterocycles. The molecule has 0 saturated heterocycles. The van der Waals surface area contributed by atoms with E-state index in [0.29, 0.717) is 20.4 Å². The molecule has 0 N–H and O–H groups in total. The summed E-state index contributed by atoms with van der Waals surface area (Å²) in [6, 6.07) is 3.00. The van der Waals surface area contributed by atoms with Crippen LogP contribution in [-0.4, -0.2) is 24.7 Å². The fourth-order valence-electron chi connectivity index (χ4n) is 1.96. The number of aromatic nitrogens is 5. The van der Waals surface area contributed by atoms with Crippen molar-refractivity contribution in [3.63, 3.8) is 0 Å². The Morgan fingerprint density at radius 1 is 1.40 bits per heavy atom. The summed E-state index contributed by atoms with van der Waals surface area (Å²) in [5.74, 6) is -0.520. The number of fused-ring (bicyclic) bond motifs is 1. The van der Waals surface area contributed by atoms with Gasteiger partial charge in [0.1, 0.15) is 10.7 Å². The van der Waals surface area contributed by atoms with Gasteiger partial charge in [-0.15, -0.1) is 0 Å². The molecule has 8 heteroatoms. The number of halogens is 3. The summed E-state index contributed by atoms with van der Waals surface area (Å²) < 4.78 is 16.1. The summed E-state index contributed by atoms with van der Waals surface area (Å²) in [4.78, 5) is 12.1. The Morgan fingerprint density at radius 3 is 2.95 bits per heavy atom. The first-order valence-corrected chi connectivity index (χ1v) is 7.20. The van der Waals surface area contributed by atoms with Gasteiger partial charge >= 0.3 is 0 Å². The molecule has 3 rings (SSSR count). The summed E-state index contributed by atoms with van der Waals surface area (Å²) in [6.45, 7) is 1.82. The van der Waals surface area contributed by atoms with Crippen molar-refractivity contribution >= 4 is 45.4 Å². The number of hydrogen-bond donors (Lipinski definition) is 0. The van der Waals surface area contributed by atoms with Gasteiger partial charge in [0, 0.05) is 11.8 Å². The first-order valence-electron chi connectivity index (χ1n) is 5.74. The molecule has 1 atom stereocenters. The maximum atomic E-state index is 13.8. The van der Waals surface area contributed by atoms with E-state index in [1.165, 1.54) is 12.4 Å². The van der Waals surface area contributed by atoms with Crippen LogP contribution in [0.4, 0.5) is 4.39 Å². The number of hydrogen-bond acceptors (Lipinski definition) is 4. The minimum Gasteiger partial charge on any atom is -0.247 e. The van der Waals surface area contributed by atoms with Crippen molar-refractivity contribution in [2.45, 2.75) is 13.0 Å². The lowest BCUT2D eigenvalue weighted by atomic mass is 10.1. The lowest BCUT2D eigenvalue weighted by Crippen LogP contribution is -2.11. The number of nitrogens with zero attached hydrogens (tertiary/aromatic N) is 5. The molecule has 0 radical (unpaired) electrons. The standard InChI is InChI=1S/C12H8ClFIN5/c1-6(7-3-2-4-16-10(7)14)20-12-9(11(15)19-20)17-5-8(13)18-12/h2-6H,1H3/t6-/m0/s1. The van der Waals surface area contributed by atoms with E-state index in [9.17, 15) is 4.39 Å². The molecule has 0 bridgehead atoms. The summed E-state index contributed by atoms with van der Waals surface area (Å²) in [6.07, 6.45) is 2.88. The highest BCUT2D eigenvalue weighted by molar-refractivity contribution is 14.1. The monoisotopic (exact) mass is 403 g/mol. The van der Waals surface area contributed by atoms with Gasteiger partial charge in [0.2, 0.25) is 5.95 Å². The van der Waals surface area contributed by atoms with Crippen molar-refractivity contribution in [2.75, 3.05) is 0 Å². The summed E-state index contributed by atoms with van der Waals surface area (Å²) >= 11 is 7.94. The fraction of sp³-hybridized carbons (Fsp3) is 0.167. The van der Waals surface area contributed by atoms with E-state index in [0.717, 1.165) is 0 Å². The van der Waals surface area contributed by atoms with Gasteiger partial charge in [-0.1, -0.05) is 17.7 Å². The van der Waals surface area contributed by atoms with Crippen LogP contribution in [0.5, 0.6) is 0 Å². The number of rotatable bonds is 2. The third-order valence-corrected chi connectivity index (χ3v) is 3.85. The molecule has 0 aromatic carbocycles. The van der Waals surface area contributed by atoms with Gasteiger partial charge in [-0.3, -0.25) is 0 Å². The maximum Gasteiger partial charge on any atom is 0.218 e. The minimum absolute atomic E-state index is 0.272. The highest BCUT2D eigenvalue weighted by atomic mass is 127. The topological polar surface area (TPSA) is 56.5 Å². The minimum atomic E-state index is -0.520.